The normalized spacial score (nSPS) is 14.4. The van der Waals surface area contributed by atoms with Crippen LogP contribution < -0.4 is 10.5 Å². The zero-order valence-electron chi connectivity index (χ0n) is 11.9. The van der Waals surface area contributed by atoms with E-state index in [2.05, 4.69) is 4.72 Å². The van der Waals surface area contributed by atoms with Gasteiger partial charge in [0.15, 0.2) is 0 Å². The standard InChI is InChI=1S/C13H21ClN2O2S/c1-8-6-10(14)12(7-11(8)15)19(17,18)16-9(2)13(3,4)5/h6-7,9,16H,15H2,1-5H3. The molecule has 0 saturated carbocycles. The van der Waals surface area contributed by atoms with Gasteiger partial charge >= 0.3 is 0 Å². The summed E-state index contributed by atoms with van der Waals surface area (Å²) in [5.41, 5.74) is 6.73. The third-order valence-electron chi connectivity index (χ3n) is 3.24. The van der Waals surface area contributed by atoms with Gasteiger partial charge in [-0.05, 0) is 37.0 Å². The van der Waals surface area contributed by atoms with Crippen LogP contribution in [-0.2, 0) is 10.0 Å². The van der Waals surface area contributed by atoms with E-state index in [1.54, 1.807) is 13.0 Å². The first-order valence-electron chi connectivity index (χ1n) is 6.03. The van der Waals surface area contributed by atoms with Crippen LogP contribution in [0.1, 0.15) is 33.3 Å². The summed E-state index contributed by atoms with van der Waals surface area (Å²) in [5.74, 6) is 0. The van der Waals surface area contributed by atoms with E-state index in [0.29, 0.717) is 5.69 Å². The van der Waals surface area contributed by atoms with E-state index < -0.39 is 10.0 Å². The molecule has 108 valence electrons. The molecular formula is C13H21ClN2O2S. The van der Waals surface area contributed by atoms with Crippen molar-refractivity contribution in [1.82, 2.24) is 4.72 Å². The van der Waals surface area contributed by atoms with E-state index >= 15 is 0 Å². The Labute approximate surface area is 120 Å². The van der Waals surface area contributed by atoms with Crippen LogP contribution in [0.3, 0.4) is 0 Å². The number of nitrogens with one attached hydrogen (secondary N) is 1. The summed E-state index contributed by atoms with van der Waals surface area (Å²) in [6.07, 6.45) is 0. The number of hydrogen-bond donors (Lipinski definition) is 2. The van der Waals surface area contributed by atoms with Crippen molar-refractivity contribution in [2.45, 2.75) is 45.6 Å². The number of anilines is 1. The predicted molar refractivity (Wildman–Crippen MR) is 79.8 cm³/mol. The second-order valence-electron chi connectivity index (χ2n) is 5.85. The maximum atomic E-state index is 12.3. The number of halogens is 1. The minimum absolute atomic E-state index is 0.0216. The second-order valence-corrected chi connectivity index (χ2v) is 7.94. The van der Waals surface area contributed by atoms with Gasteiger partial charge in [0.2, 0.25) is 10.0 Å². The van der Waals surface area contributed by atoms with Gasteiger partial charge in [-0.25, -0.2) is 13.1 Å². The molecule has 0 aliphatic rings. The molecule has 0 amide bonds. The fraction of sp³-hybridized carbons (Fsp3) is 0.538. The van der Waals surface area contributed by atoms with E-state index in [0.717, 1.165) is 5.56 Å². The fourth-order valence-corrected chi connectivity index (χ4v) is 3.41. The monoisotopic (exact) mass is 304 g/mol. The minimum atomic E-state index is -3.67. The Morgan fingerprint density at radius 3 is 2.32 bits per heavy atom. The smallest absolute Gasteiger partial charge is 0.242 e. The molecule has 0 bridgehead atoms. The Hall–Kier alpha value is -0.780. The number of benzene rings is 1. The van der Waals surface area contributed by atoms with Gasteiger partial charge in [0, 0.05) is 11.7 Å². The highest BCUT2D eigenvalue weighted by molar-refractivity contribution is 7.89. The molecule has 19 heavy (non-hydrogen) atoms. The molecule has 0 spiro atoms. The van der Waals surface area contributed by atoms with Crippen LogP contribution in [0.25, 0.3) is 0 Å². The third-order valence-corrected chi connectivity index (χ3v) is 5.25. The van der Waals surface area contributed by atoms with Crippen LogP contribution in [0.4, 0.5) is 5.69 Å². The number of nitrogens with two attached hydrogens (primary N) is 1. The SMILES string of the molecule is Cc1cc(Cl)c(S(=O)(=O)NC(C)C(C)(C)C)cc1N. The second kappa shape index (κ2) is 5.31. The minimum Gasteiger partial charge on any atom is -0.398 e. The maximum Gasteiger partial charge on any atom is 0.242 e. The molecule has 1 aromatic carbocycles. The highest BCUT2D eigenvalue weighted by atomic mass is 35.5. The van der Waals surface area contributed by atoms with Gasteiger partial charge in [-0.15, -0.1) is 0 Å². The molecule has 1 atom stereocenters. The van der Waals surface area contributed by atoms with Crippen LogP contribution in [0.15, 0.2) is 17.0 Å². The van der Waals surface area contributed by atoms with Gasteiger partial charge in [0.05, 0.1) is 5.02 Å². The van der Waals surface area contributed by atoms with Crippen molar-refractivity contribution < 1.29 is 8.42 Å². The Morgan fingerprint density at radius 1 is 1.32 bits per heavy atom. The van der Waals surface area contributed by atoms with Crippen molar-refractivity contribution in [3.63, 3.8) is 0 Å². The van der Waals surface area contributed by atoms with E-state index in [-0.39, 0.29) is 21.4 Å². The first kappa shape index (κ1) is 16.3. The largest absolute Gasteiger partial charge is 0.398 e. The summed E-state index contributed by atoms with van der Waals surface area (Å²) in [4.78, 5) is 0.0216. The van der Waals surface area contributed by atoms with Crippen molar-refractivity contribution in [3.8, 4) is 0 Å². The lowest BCUT2D eigenvalue weighted by atomic mass is 9.89. The van der Waals surface area contributed by atoms with Crippen molar-refractivity contribution in [1.29, 1.82) is 0 Å². The fourth-order valence-electron chi connectivity index (χ4n) is 1.35. The molecule has 0 heterocycles. The van der Waals surface area contributed by atoms with Gasteiger partial charge in [-0.3, -0.25) is 0 Å². The third kappa shape index (κ3) is 3.84. The average molecular weight is 305 g/mol. The van der Waals surface area contributed by atoms with Crippen LogP contribution in [0, 0.1) is 12.3 Å². The van der Waals surface area contributed by atoms with E-state index in [1.807, 2.05) is 27.7 Å². The summed E-state index contributed by atoms with van der Waals surface area (Å²) in [7, 11) is -3.67. The molecule has 0 aliphatic heterocycles. The molecule has 6 heteroatoms. The number of nitrogen functional groups attached to an aromatic ring is 1. The zero-order valence-corrected chi connectivity index (χ0v) is 13.5. The number of rotatable bonds is 3. The van der Waals surface area contributed by atoms with Crippen molar-refractivity contribution in [2.24, 2.45) is 5.41 Å². The first-order chi connectivity index (χ1) is 8.45. The highest BCUT2D eigenvalue weighted by Crippen LogP contribution is 2.28. The number of hydrogen-bond acceptors (Lipinski definition) is 3. The maximum absolute atomic E-state index is 12.3. The van der Waals surface area contributed by atoms with Gasteiger partial charge < -0.3 is 5.73 Å². The van der Waals surface area contributed by atoms with Crippen molar-refractivity contribution in [2.75, 3.05) is 5.73 Å². The molecule has 0 aliphatic carbocycles. The average Bonchev–Trinajstić information content (AvgIpc) is 2.21. The van der Waals surface area contributed by atoms with Gasteiger partial charge in [0.25, 0.3) is 0 Å². The number of aryl methyl sites for hydroxylation is 1. The molecule has 1 unspecified atom stereocenters. The van der Waals surface area contributed by atoms with Crippen molar-refractivity contribution in [3.05, 3.63) is 22.7 Å². The molecule has 0 aromatic heterocycles. The molecule has 1 aromatic rings. The topological polar surface area (TPSA) is 72.2 Å². The van der Waals surface area contributed by atoms with E-state index in [4.69, 9.17) is 17.3 Å². The first-order valence-corrected chi connectivity index (χ1v) is 7.89. The van der Waals surface area contributed by atoms with Crippen LogP contribution in [0.2, 0.25) is 5.02 Å². The van der Waals surface area contributed by atoms with Crippen LogP contribution >= 0.6 is 11.6 Å². The molecule has 4 nitrogen and oxygen atoms in total. The molecule has 0 saturated heterocycles. The van der Waals surface area contributed by atoms with Gasteiger partial charge in [-0.2, -0.15) is 0 Å². The molecule has 0 radical (unpaired) electrons. The Morgan fingerprint density at radius 2 is 1.84 bits per heavy atom. The zero-order chi connectivity index (χ0) is 15.0. The summed E-state index contributed by atoms with van der Waals surface area (Å²) in [6.45, 7) is 9.49. The summed E-state index contributed by atoms with van der Waals surface area (Å²) in [6, 6.07) is 2.74. The number of sulfonamides is 1. The Bertz CT molecular complexity index is 577. The van der Waals surface area contributed by atoms with Gasteiger partial charge in [-0.1, -0.05) is 32.4 Å². The van der Waals surface area contributed by atoms with Gasteiger partial charge in [0.1, 0.15) is 4.90 Å². The summed E-state index contributed by atoms with van der Waals surface area (Å²) in [5, 5.41) is 0.181. The van der Waals surface area contributed by atoms with Crippen LogP contribution in [0.5, 0.6) is 0 Å². The lowest BCUT2D eigenvalue weighted by molar-refractivity contribution is 0.317. The molecular weight excluding hydrogens is 284 g/mol. The molecule has 3 N–H and O–H groups in total. The highest BCUT2D eigenvalue weighted by Gasteiger charge is 2.27. The van der Waals surface area contributed by atoms with E-state index in [9.17, 15) is 8.42 Å². The molecule has 1 rings (SSSR count). The van der Waals surface area contributed by atoms with Crippen molar-refractivity contribution >= 4 is 27.3 Å². The predicted octanol–water partition coefficient (Wildman–Crippen LogP) is 2.94. The lowest BCUT2D eigenvalue weighted by Gasteiger charge is -2.28. The summed E-state index contributed by atoms with van der Waals surface area (Å²) < 4.78 is 27.3. The van der Waals surface area contributed by atoms with E-state index in [1.165, 1.54) is 6.07 Å². The quantitative estimate of drug-likeness (QED) is 0.843. The van der Waals surface area contributed by atoms with Crippen LogP contribution in [-0.4, -0.2) is 14.5 Å². The Kier molecular flexibility index (Phi) is 4.55. The summed E-state index contributed by atoms with van der Waals surface area (Å²) >= 11 is 6.01. The Balaban J connectivity index is 3.19. The molecule has 0 fully saturated rings. The lowest BCUT2D eigenvalue weighted by Crippen LogP contribution is -2.41.